The Hall–Kier alpha value is -1.60. The van der Waals surface area contributed by atoms with E-state index in [1.54, 1.807) is 11.3 Å². The highest BCUT2D eigenvalue weighted by Crippen LogP contribution is 2.21. The Morgan fingerprint density at radius 1 is 1.16 bits per heavy atom. The molecule has 6 nitrogen and oxygen atoms in total. The lowest BCUT2D eigenvalue weighted by Crippen LogP contribution is -2.09. The van der Waals surface area contributed by atoms with Gasteiger partial charge in [0.15, 0.2) is 0 Å². The topological polar surface area (TPSA) is 69.2 Å². The molecule has 0 aliphatic rings. The van der Waals surface area contributed by atoms with Crippen molar-refractivity contribution in [3.8, 4) is 12.0 Å². The molecule has 0 aromatic carbocycles. The highest BCUT2D eigenvalue weighted by molar-refractivity contribution is 7.16. The molecule has 0 atom stereocenters. The molecule has 0 spiro atoms. The summed E-state index contributed by atoms with van der Waals surface area (Å²) in [5, 5.41) is 3.09. The van der Waals surface area contributed by atoms with Crippen molar-refractivity contribution in [2.45, 2.75) is 6.42 Å². The van der Waals surface area contributed by atoms with E-state index in [2.05, 4.69) is 20.3 Å². The summed E-state index contributed by atoms with van der Waals surface area (Å²) >= 11 is 7.43. The highest BCUT2D eigenvalue weighted by Gasteiger charge is 2.06. The standard InChI is InChI=1S/C11H13ClN4O2S/c1-17-10-14-9(15-11(16-10)18-2)13-6-5-7-3-4-8(12)19-7/h3-4H,5-6H2,1-2H3,(H,13,14,15,16). The second-order valence-corrected chi connectivity index (χ2v) is 5.31. The third kappa shape index (κ3) is 3.93. The Morgan fingerprint density at radius 2 is 1.84 bits per heavy atom. The fourth-order valence-electron chi connectivity index (χ4n) is 1.38. The number of halogens is 1. The molecular formula is C11H13ClN4O2S. The zero-order valence-corrected chi connectivity index (χ0v) is 12.1. The maximum Gasteiger partial charge on any atom is 0.324 e. The van der Waals surface area contributed by atoms with Crippen molar-refractivity contribution >= 4 is 28.9 Å². The lowest BCUT2D eigenvalue weighted by atomic mass is 10.3. The Morgan fingerprint density at radius 3 is 2.37 bits per heavy atom. The van der Waals surface area contributed by atoms with Crippen molar-refractivity contribution < 1.29 is 9.47 Å². The van der Waals surface area contributed by atoms with E-state index in [4.69, 9.17) is 21.1 Å². The van der Waals surface area contributed by atoms with Gasteiger partial charge in [0, 0.05) is 11.4 Å². The van der Waals surface area contributed by atoms with Crippen molar-refractivity contribution in [2.75, 3.05) is 26.1 Å². The molecule has 0 saturated heterocycles. The van der Waals surface area contributed by atoms with Crippen LogP contribution in [0.1, 0.15) is 4.88 Å². The fraction of sp³-hybridized carbons (Fsp3) is 0.364. The van der Waals surface area contributed by atoms with Crippen LogP contribution in [0.5, 0.6) is 12.0 Å². The average Bonchev–Trinajstić information content (AvgIpc) is 2.84. The van der Waals surface area contributed by atoms with Crippen LogP contribution in [-0.4, -0.2) is 35.7 Å². The molecule has 0 radical (unpaired) electrons. The predicted octanol–water partition coefficient (Wildman–Crippen LogP) is 2.26. The smallest absolute Gasteiger partial charge is 0.324 e. The van der Waals surface area contributed by atoms with Crippen molar-refractivity contribution in [1.82, 2.24) is 15.0 Å². The molecule has 8 heteroatoms. The maximum atomic E-state index is 5.87. The number of ether oxygens (including phenoxy) is 2. The summed E-state index contributed by atoms with van der Waals surface area (Å²) in [6.07, 6.45) is 0.841. The molecule has 1 N–H and O–H groups in total. The molecule has 0 saturated carbocycles. The van der Waals surface area contributed by atoms with Crippen LogP contribution in [0.15, 0.2) is 12.1 Å². The first-order valence-electron chi connectivity index (χ1n) is 5.53. The SMILES string of the molecule is COc1nc(NCCc2ccc(Cl)s2)nc(OC)n1. The third-order valence-electron chi connectivity index (χ3n) is 2.24. The van der Waals surface area contributed by atoms with Gasteiger partial charge in [-0.05, 0) is 18.6 Å². The van der Waals surface area contributed by atoms with E-state index < -0.39 is 0 Å². The molecule has 19 heavy (non-hydrogen) atoms. The minimum atomic E-state index is 0.216. The van der Waals surface area contributed by atoms with Gasteiger partial charge in [-0.1, -0.05) is 11.6 Å². The van der Waals surface area contributed by atoms with Crippen LogP contribution >= 0.6 is 22.9 Å². The van der Waals surface area contributed by atoms with E-state index in [9.17, 15) is 0 Å². The van der Waals surface area contributed by atoms with E-state index >= 15 is 0 Å². The molecule has 2 rings (SSSR count). The third-order valence-corrected chi connectivity index (χ3v) is 3.53. The predicted molar refractivity (Wildman–Crippen MR) is 74.5 cm³/mol. The van der Waals surface area contributed by atoms with E-state index in [-0.39, 0.29) is 12.0 Å². The number of aromatic nitrogens is 3. The molecule has 102 valence electrons. The second-order valence-electron chi connectivity index (χ2n) is 3.52. The van der Waals surface area contributed by atoms with Crippen LogP contribution in [-0.2, 0) is 6.42 Å². The Labute approximate surface area is 119 Å². The summed E-state index contributed by atoms with van der Waals surface area (Å²) in [5.74, 6) is 0.423. The van der Waals surface area contributed by atoms with Gasteiger partial charge in [0.25, 0.3) is 0 Å². The quantitative estimate of drug-likeness (QED) is 0.882. The number of nitrogens with one attached hydrogen (secondary N) is 1. The zero-order valence-electron chi connectivity index (χ0n) is 10.5. The second kappa shape index (κ2) is 6.53. The van der Waals surface area contributed by atoms with Gasteiger partial charge >= 0.3 is 12.0 Å². The van der Waals surface area contributed by atoms with Crippen molar-refractivity contribution in [1.29, 1.82) is 0 Å². The van der Waals surface area contributed by atoms with Gasteiger partial charge < -0.3 is 14.8 Å². The van der Waals surface area contributed by atoms with Crippen LogP contribution in [0.2, 0.25) is 4.34 Å². The average molecular weight is 301 g/mol. The summed E-state index contributed by atoms with van der Waals surface area (Å²) in [5.41, 5.74) is 0. The number of anilines is 1. The van der Waals surface area contributed by atoms with E-state index in [1.807, 2.05) is 12.1 Å². The van der Waals surface area contributed by atoms with Crippen LogP contribution < -0.4 is 14.8 Å². The summed E-state index contributed by atoms with van der Waals surface area (Å²) in [7, 11) is 2.98. The van der Waals surface area contributed by atoms with Crippen LogP contribution in [0.4, 0.5) is 5.95 Å². The number of methoxy groups -OCH3 is 2. The highest BCUT2D eigenvalue weighted by atomic mass is 35.5. The zero-order chi connectivity index (χ0) is 13.7. The fourth-order valence-corrected chi connectivity index (χ4v) is 2.47. The molecular weight excluding hydrogens is 288 g/mol. The number of nitrogens with zero attached hydrogens (tertiary/aromatic N) is 3. The summed E-state index contributed by atoms with van der Waals surface area (Å²) < 4.78 is 10.7. The first-order valence-corrected chi connectivity index (χ1v) is 6.73. The molecule has 2 aromatic heterocycles. The van der Waals surface area contributed by atoms with E-state index in [0.29, 0.717) is 12.5 Å². The number of hydrogen-bond acceptors (Lipinski definition) is 7. The molecule has 0 aliphatic carbocycles. The van der Waals surface area contributed by atoms with Crippen LogP contribution in [0.3, 0.4) is 0 Å². The summed E-state index contributed by atoms with van der Waals surface area (Å²) in [6.45, 7) is 0.688. The minimum absolute atomic E-state index is 0.216. The minimum Gasteiger partial charge on any atom is -0.467 e. The largest absolute Gasteiger partial charge is 0.467 e. The number of hydrogen-bond donors (Lipinski definition) is 1. The number of thiophene rings is 1. The monoisotopic (exact) mass is 300 g/mol. The van der Waals surface area contributed by atoms with Gasteiger partial charge in [-0.2, -0.15) is 9.97 Å². The summed E-state index contributed by atoms with van der Waals surface area (Å²) in [6, 6.07) is 4.32. The number of rotatable bonds is 6. The first kappa shape index (κ1) is 13.8. The molecule has 2 heterocycles. The molecule has 0 unspecified atom stereocenters. The van der Waals surface area contributed by atoms with Crippen molar-refractivity contribution in [3.05, 3.63) is 21.3 Å². The molecule has 0 bridgehead atoms. The molecule has 2 aromatic rings. The lowest BCUT2D eigenvalue weighted by molar-refractivity contribution is 0.341. The van der Waals surface area contributed by atoms with Gasteiger partial charge in [-0.15, -0.1) is 16.3 Å². The van der Waals surface area contributed by atoms with Gasteiger partial charge in [-0.3, -0.25) is 0 Å². The van der Waals surface area contributed by atoms with Gasteiger partial charge in [0.2, 0.25) is 5.95 Å². The van der Waals surface area contributed by atoms with Gasteiger partial charge in [0.05, 0.1) is 18.6 Å². The van der Waals surface area contributed by atoms with Crippen LogP contribution in [0, 0.1) is 0 Å². The Bertz CT molecular complexity index is 527. The first-order chi connectivity index (χ1) is 9.21. The van der Waals surface area contributed by atoms with E-state index in [1.165, 1.54) is 19.1 Å². The Balaban J connectivity index is 1.95. The van der Waals surface area contributed by atoms with Crippen LogP contribution in [0.25, 0.3) is 0 Å². The van der Waals surface area contributed by atoms with Gasteiger partial charge in [-0.25, -0.2) is 0 Å². The lowest BCUT2D eigenvalue weighted by Gasteiger charge is -2.06. The van der Waals surface area contributed by atoms with Crippen molar-refractivity contribution in [2.24, 2.45) is 0 Å². The normalized spacial score (nSPS) is 10.3. The van der Waals surface area contributed by atoms with Gasteiger partial charge in [0.1, 0.15) is 0 Å². The molecule has 0 fully saturated rings. The molecule has 0 amide bonds. The van der Waals surface area contributed by atoms with E-state index in [0.717, 1.165) is 10.8 Å². The maximum absolute atomic E-state index is 5.87. The summed E-state index contributed by atoms with van der Waals surface area (Å²) in [4.78, 5) is 13.3. The molecule has 0 aliphatic heterocycles. The van der Waals surface area contributed by atoms with Crippen molar-refractivity contribution in [3.63, 3.8) is 0 Å². The Kier molecular flexibility index (Phi) is 4.75.